The number of aromatic nitrogens is 1. The molecule has 1 aromatic heterocycles. The van der Waals surface area contributed by atoms with Crippen LogP contribution < -0.4 is 9.47 Å². The summed E-state index contributed by atoms with van der Waals surface area (Å²) in [6, 6.07) is 5.92. The molecule has 0 spiro atoms. The van der Waals surface area contributed by atoms with Crippen LogP contribution in [0.2, 0.25) is 0 Å². The number of ether oxygens (including phenoxy) is 2. The molecule has 0 N–H and O–H groups in total. The summed E-state index contributed by atoms with van der Waals surface area (Å²) in [7, 11) is 0. The van der Waals surface area contributed by atoms with Crippen molar-refractivity contribution in [3.63, 3.8) is 0 Å². The molecule has 1 aliphatic rings. The highest BCUT2D eigenvalue weighted by Gasteiger charge is 2.12. The van der Waals surface area contributed by atoms with Gasteiger partial charge in [0.15, 0.2) is 11.5 Å². The average molecular weight is 219 g/mol. The zero-order valence-electron chi connectivity index (χ0n) is 7.97. The lowest BCUT2D eigenvalue weighted by Gasteiger charge is -2.18. The summed E-state index contributed by atoms with van der Waals surface area (Å²) >= 11 is 1.62. The molecule has 0 fully saturated rings. The van der Waals surface area contributed by atoms with E-state index in [-0.39, 0.29) is 0 Å². The summed E-state index contributed by atoms with van der Waals surface area (Å²) < 4.78 is 11.0. The quantitative estimate of drug-likeness (QED) is 0.738. The molecule has 0 unspecified atom stereocenters. The minimum absolute atomic E-state index is 0.619. The summed E-state index contributed by atoms with van der Waals surface area (Å²) in [6.07, 6.45) is 1.80. The number of hydrogen-bond acceptors (Lipinski definition) is 4. The van der Waals surface area contributed by atoms with Crippen LogP contribution in [-0.4, -0.2) is 18.2 Å². The number of fused-ring (bicyclic) bond motifs is 1. The molecule has 0 bridgehead atoms. The van der Waals surface area contributed by atoms with Gasteiger partial charge in [0, 0.05) is 17.1 Å². The highest BCUT2D eigenvalue weighted by molar-refractivity contribution is 7.13. The molecular weight excluding hydrogens is 210 g/mol. The summed E-state index contributed by atoms with van der Waals surface area (Å²) in [6.45, 7) is 1.25. The van der Waals surface area contributed by atoms with Crippen LogP contribution >= 0.6 is 11.3 Å². The first-order chi connectivity index (χ1) is 7.43. The number of nitrogens with zero attached hydrogens (tertiary/aromatic N) is 1. The van der Waals surface area contributed by atoms with E-state index in [4.69, 9.17) is 9.47 Å². The molecule has 15 heavy (non-hydrogen) atoms. The van der Waals surface area contributed by atoms with Gasteiger partial charge in [-0.25, -0.2) is 4.98 Å². The highest BCUT2D eigenvalue weighted by atomic mass is 32.1. The Bertz CT molecular complexity index is 467. The standard InChI is InChI=1S/C11H9NO2S/c1-2-9-10(14-5-4-13-9)7-8(1)11-12-3-6-15-11/h1-3,6-7H,4-5H2. The van der Waals surface area contributed by atoms with Crippen molar-refractivity contribution in [2.24, 2.45) is 0 Å². The fourth-order valence-electron chi connectivity index (χ4n) is 1.54. The first-order valence-electron chi connectivity index (χ1n) is 4.73. The molecule has 0 amide bonds. The van der Waals surface area contributed by atoms with Crippen LogP contribution in [0.15, 0.2) is 29.8 Å². The lowest BCUT2D eigenvalue weighted by atomic mass is 10.2. The first-order valence-corrected chi connectivity index (χ1v) is 5.61. The Kier molecular flexibility index (Phi) is 2.07. The van der Waals surface area contributed by atoms with Crippen molar-refractivity contribution in [3.8, 4) is 22.1 Å². The van der Waals surface area contributed by atoms with Crippen LogP contribution in [0.4, 0.5) is 0 Å². The van der Waals surface area contributed by atoms with E-state index in [2.05, 4.69) is 4.98 Å². The Balaban J connectivity index is 2.04. The van der Waals surface area contributed by atoms with Gasteiger partial charge < -0.3 is 9.47 Å². The second-order valence-electron chi connectivity index (χ2n) is 3.20. The summed E-state index contributed by atoms with van der Waals surface area (Å²) in [4.78, 5) is 4.26. The van der Waals surface area contributed by atoms with E-state index in [1.165, 1.54) is 0 Å². The number of rotatable bonds is 1. The number of hydrogen-bond donors (Lipinski definition) is 0. The van der Waals surface area contributed by atoms with Crippen molar-refractivity contribution in [2.45, 2.75) is 0 Å². The van der Waals surface area contributed by atoms with Crippen molar-refractivity contribution in [2.75, 3.05) is 13.2 Å². The maximum Gasteiger partial charge on any atom is 0.162 e. The molecule has 2 heterocycles. The third-order valence-electron chi connectivity index (χ3n) is 2.22. The van der Waals surface area contributed by atoms with Gasteiger partial charge in [-0.2, -0.15) is 0 Å². The van der Waals surface area contributed by atoms with Gasteiger partial charge in [0.25, 0.3) is 0 Å². The van der Waals surface area contributed by atoms with Gasteiger partial charge in [0.1, 0.15) is 18.2 Å². The lowest BCUT2D eigenvalue weighted by molar-refractivity contribution is 0.171. The number of benzene rings is 1. The predicted molar refractivity (Wildman–Crippen MR) is 58.5 cm³/mol. The van der Waals surface area contributed by atoms with Crippen LogP contribution in [-0.2, 0) is 0 Å². The Hall–Kier alpha value is -1.55. The maximum atomic E-state index is 5.51. The van der Waals surface area contributed by atoms with E-state index in [9.17, 15) is 0 Å². The minimum atomic E-state index is 0.619. The van der Waals surface area contributed by atoms with E-state index in [1.807, 2.05) is 23.6 Å². The molecule has 3 nitrogen and oxygen atoms in total. The zero-order chi connectivity index (χ0) is 10.1. The van der Waals surface area contributed by atoms with Crippen LogP contribution in [0.5, 0.6) is 11.5 Å². The SMILES string of the molecule is c1csc(-c2ccc3c(c2)OCCO3)n1. The van der Waals surface area contributed by atoms with Gasteiger partial charge >= 0.3 is 0 Å². The Morgan fingerprint density at radius 1 is 1.13 bits per heavy atom. The van der Waals surface area contributed by atoms with Crippen molar-refractivity contribution in [1.82, 2.24) is 4.98 Å². The molecule has 0 radical (unpaired) electrons. The summed E-state index contributed by atoms with van der Waals surface area (Å²) in [5.74, 6) is 1.63. The molecule has 76 valence electrons. The summed E-state index contributed by atoms with van der Waals surface area (Å²) in [5.41, 5.74) is 1.08. The topological polar surface area (TPSA) is 31.4 Å². The van der Waals surface area contributed by atoms with Crippen LogP contribution in [0.25, 0.3) is 10.6 Å². The normalized spacial score (nSPS) is 13.9. The van der Waals surface area contributed by atoms with Gasteiger partial charge in [0.05, 0.1) is 0 Å². The molecule has 0 aliphatic carbocycles. The van der Waals surface area contributed by atoms with Gasteiger partial charge in [-0.1, -0.05) is 0 Å². The smallest absolute Gasteiger partial charge is 0.162 e. The molecule has 1 aliphatic heterocycles. The van der Waals surface area contributed by atoms with E-state index in [0.29, 0.717) is 13.2 Å². The summed E-state index contributed by atoms with van der Waals surface area (Å²) in [5, 5.41) is 2.97. The van der Waals surface area contributed by atoms with Crippen LogP contribution in [0.1, 0.15) is 0 Å². The van der Waals surface area contributed by atoms with Crippen molar-refractivity contribution >= 4 is 11.3 Å². The molecular formula is C11H9NO2S. The fourth-order valence-corrected chi connectivity index (χ4v) is 2.18. The molecule has 0 atom stereocenters. The monoisotopic (exact) mass is 219 g/mol. The molecule has 1 aromatic carbocycles. The van der Waals surface area contributed by atoms with E-state index >= 15 is 0 Å². The number of thiazole rings is 1. The predicted octanol–water partition coefficient (Wildman–Crippen LogP) is 2.58. The molecule has 2 aromatic rings. The van der Waals surface area contributed by atoms with E-state index in [1.54, 1.807) is 17.5 Å². The fraction of sp³-hybridized carbons (Fsp3) is 0.182. The van der Waals surface area contributed by atoms with Crippen molar-refractivity contribution in [1.29, 1.82) is 0 Å². The molecule has 3 rings (SSSR count). The largest absolute Gasteiger partial charge is 0.486 e. The third kappa shape index (κ3) is 1.57. The van der Waals surface area contributed by atoms with E-state index in [0.717, 1.165) is 22.1 Å². The second-order valence-corrected chi connectivity index (χ2v) is 4.09. The second kappa shape index (κ2) is 3.55. The van der Waals surface area contributed by atoms with Crippen LogP contribution in [0, 0.1) is 0 Å². The molecule has 4 heteroatoms. The third-order valence-corrected chi connectivity index (χ3v) is 3.04. The highest BCUT2D eigenvalue weighted by Crippen LogP contribution is 2.34. The van der Waals surface area contributed by atoms with Crippen molar-refractivity contribution < 1.29 is 9.47 Å². The zero-order valence-corrected chi connectivity index (χ0v) is 8.79. The maximum absolute atomic E-state index is 5.51. The first kappa shape index (κ1) is 8.73. The Morgan fingerprint density at radius 2 is 2.00 bits per heavy atom. The molecule has 0 saturated heterocycles. The van der Waals surface area contributed by atoms with E-state index < -0.39 is 0 Å². The average Bonchev–Trinajstić information content (AvgIpc) is 2.82. The van der Waals surface area contributed by atoms with Gasteiger partial charge in [-0.15, -0.1) is 11.3 Å². The van der Waals surface area contributed by atoms with Crippen molar-refractivity contribution in [3.05, 3.63) is 29.8 Å². The Morgan fingerprint density at radius 3 is 2.80 bits per heavy atom. The lowest BCUT2D eigenvalue weighted by Crippen LogP contribution is -2.15. The van der Waals surface area contributed by atoms with Crippen LogP contribution in [0.3, 0.4) is 0 Å². The minimum Gasteiger partial charge on any atom is -0.486 e. The molecule has 0 saturated carbocycles. The van der Waals surface area contributed by atoms with Gasteiger partial charge in [-0.05, 0) is 18.2 Å². The Labute approximate surface area is 91.3 Å². The van der Waals surface area contributed by atoms with Gasteiger partial charge in [0.2, 0.25) is 0 Å². The van der Waals surface area contributed by atoms with Gasteiger partial charge in [-0.3, -0.25) is 0 Å².